The molecule has 1 aromatic carbocycles. The highest BCUT2D eigenvalue weighted by Crippen LogP contribution is 2.30. The molecule has 0 bridgehead atoms. The fraction of sp³-hybridized carbons (Fsp3) is 0.417. The van der Waals surface area contributed by atoms with Crippen LogP contribution in [0.1, 0.15) is 24.8 Å². The molecule has 0 amide bonds. The summed E-state index contributed by atoms with van der Waals surface area (Å²) in [6.07, 6.45) is -2.86. The lowest BCUT2D eigenvalue weighted by atomic mass is 10.2. The molecule has 1 rings (SSSR count). The summed E-state index contributed by atoms with van der Waals surface area (Å²) in [7, 11) is -1.44. The first-order valence-corrected chi connectivity index (χ1v) is 6.69. The van der Waals surface area contributed by atoms with E-state index in [9.17, 15) is 17.4 Å². The van der Waals surface area contributed by atoms with Crippen molar-refractivity contribution >= 4 is 10.8 Å². The zero-order chi connectivity index (χ0) is 13.6. The predicted octanol–water partition coefficient (Wildman–Crippen LogP) is 3.51. The Labute approximate surface area is 106 Å². The zero-order valence-electron chi connectivity index (χ0n) is 9.54. The van der Waals surface area contributed by atoms with E-state index < -0.39 is 22.5 Å². The van der Waals surface area contributed by atoms with Gasteiger partial charge in [0.15, 0.2) is 0 Å². The number of nitriles is 1. The van der Waals surface area contributed by atoms with Crippen LogP contribution in [0.15, 0.2) is 29.2 Å². The molecule has 0 aromatic heterocycles. The topological polar surface area (TPSA) is 40.9 Å². The molecule has 6 heteroatoms. The van der Waals surface area contributed by atoms with E-state index >= 15 is 0 Å². The van der Waals surface area contributed by atoms with Gasteiger partial charge in [-0.3, -0.25) is 4.21 Å². The van der Waals surface area contributed by atoms with E-state index in [0.29, 0.717) is 19.3 Å². The summed E-state index contributed by atoms with van der Waals surface area (Å²) < 4.78 is 49.1. The smallest absolute Gasteiger partial charge is 0.254 e. The van der Waals surface area contributed by atoms with Gasteiger partial charge in [0.1, 0.15) is 0 Å². The van der Waals surface area contributed by atoms with Crippen LogP contribution in [0, 0.1) is 11.3 Å². The fourth-order valence-electron chi connectivity index (χ4n) is 1.37. The largest absolute Gasteiger partial charge is 0.416 e. The standard InChI is InChI=1S/C12H12F3NOS/c13-12(14,15)10-5-4-6-11(9-10)18(17)8-3-1-2-7-16/h4-6,9H,1-3,8H2. The molecule has 2 nitrogen and oxygen atoms in total. The van der Waals surface area contributed by atoms with Crippen molar-refractivity contribution in [3.05, 3.63) is 29.8 Å². The maximum absolute atomic E-state index is 12.4. The van der Waals surface area contributed by atoms with Crippen LogP contribution in [-0.2, 0) is 17.0 Å². The van der Waals surface area contributed by atoms with Crippen molar-refractivity contribution in [2.24, 2.45) is 0 Å². The second-order valence-corrected chi connectivity index (χ2v) is 5.26. The van der Waals surface area contributed by atoms with Crippen molar-refractivity contribution in [1.82, 2.24) is 0 Å². The third-order valence-electron chi connectivity index (χ3n) is 2.29. The highest BCUT2D eigenvalue weighted by Gasteiger charge is 2.30. The number of halogens is 3. The molecule has 0 radical (unpaired) electrons. The Kier molecular flexibility index (Phi) is 5.35. The van der Waals surface area contributed by atoms with Gasteiger partial charge in [-0.15, -0.1) is 0 Å². The number of unbranched alkanes of at least 4 members (excludes halogenated alkanes) is 2. The molecule has 0 spiro atoms. The third-order valence-corrected chi connectivity index (χ3v) is 3.73. The number of hydrogen-bond donors (Lipinski definition) is 0. The molecule has 0 N–H and O–H groups in total. The summed E-state index contributed by atoms with van der Waals surface area (Å²) in [5.41, 5.74) is -0.787. The average molecular weight is 275 g/mol. The monoisotopic (exact) mass is 275 g/mol. The van der Waals surface area contributed by atoms with Crippen molar-refractivity contribution in [1.29, 1.82) is 5.26 Å². The van der Waals surface area contributed by atoms with Crippen LogP contribution in [-0.4, -0.2) is 9.96 Å². The Morgan fingerprint density at radius 1 is 1.28 bits per heavy atom. The first-order chi connectivity index (χ1) is 8.45. The van der Waals surface area contributed by atoms with E-state index in [2.05, 4.69) is 0 Å². The van der Waals surface area contributed by atoms with E-state index in [0.717, 1.165) is 12.1 Å². The molecule has 1 atom stereocenters. The van der Waals surface area contributed by atoms with Crippen LogP contribution in [0.25, 0.3) is 0 Å². The second kappa shape index (κ2) is 6.55. The van der Waals surface area contributed by atoms with Gasteiger partial charge >= 0.3 is 6.18 Å². The minimum absolute atomic E-state index is 0.182. The molecule has 0 fully saturated rings. The number of benzene rings is 1. The lowest BCUT2D eigenvalue weighted by Crippen LogP contribution is -2.06. The van der Waals surface area contributed by atoms with Crippen molar-refractivity contribution < 1.29 is 17.4 Å². The van der Waals surface area contributed by atoms with E-state index in [1.165, 1.54) is 12.1 Å². The summed E-state index contributed by atoms with van der Waals surface area (Å²) >= 11 is 0. The van der Waals surface area contributed by atoms with Gasteiger partial charge in [-0.25, -0.2) is 0 Å². The second-order valence-electron chi connectivity index (χ2n) is 3.69. The van der Waals surface area contributed by atoms with Crippen LogP contribution >= 0.6 is 0 Å². The van der Waals surface area contributed by atoms with Gasteiger partial charge in [0.05, 0.1) is 22.4 Å². The van der Waals surface area contributed by atoms with E-state index in [1.807, 2.05) is 6.07 Å². The molecule has 0 aliphatic rings. The number of nitrogens with zero attached hydrogens (tertiary/aromatic N) is 1. The summed E-state index contributed by atoms with van der Waals surface area (Å²) in [6.45, 7) is 0. The Morgan fingerprint density at radius 3 is 2.61 bits per heavy atom. The molecular weight excluding hydrogens is 263 g/mol. The highest BCUT2D eigenvalue weighted by atomic mass is 32.2. The van der Waals surface area contributed by atoms with Crippen LogP contribution in [0.4, 0.5) is 13.2 Å². The van der Waals surface area contributed by atoms with Gasteiger partial charge in [-0.1, -0.05) is 6.07 Å². The Morgan fingerprint density at radius 2 is 2.00 bits per heavy atom. The average Bonchev–Trinajstić information content (AvgIpc) is 2.33. The number of rotatable bonds is 5. The first-order valence-electron chi connectivity index (χ1n) is 5.37. The molecule has 0 saturated carbocycles. The third kappa shape index (κ3) is 4.49. The van der Waals surface area contributed by atoms with Gasteiger partial charge in [-0.05, 0) is 31.0 Å². The minimum atomic E-state index is -4.42. The normalized spacial score (nSPS) is 13.0. The lowest BCUT2D eigenvalue weighted by molar-refractivity contribution is -0.137. The molecule has 18 heavy (non-hydrogen) atoms. The minimum Gasteiger partial charge on any atom is -0.254 e. The fourth-order valence-corrected chi connectivity index (χ4v) is 2.56. The van der Waals surface area contributed by atoms with Gasteiger partial charge in [0.25, 0.3) is 0 Å². The predicted molar refractivity (Wildman–Crippen MR) is 62.2 cm³/mol. The highest BCUT2D eigenvalue weighted by molar-refractivity contribution is 7.85. The van der Waals surface area contributed by atoms with Crippen molar-refractivity contribution in [3.8, 4) is 6.07 Å². The van der Waals surface area contributed by atoms with Crippen LogP contribution in [0.5, 0.6) is 0 Å². The molecule has 1 unspecified atom stereocenters. The van der Waals surface area contributed by atoms with Gasteiger partial charge in [0.2, 0.25) is 0 Å². The van der Waals surface area contributed by atoms with Crippen LogP contribution in [0.3, 0.4) is 0 Å². The van der Waals surface area contributed by atoms with E-state index in [4.69, 9.17) is 5.26 Å². The summed E-state index contributed by atoms with van der Waals surface area (Å²) in [4.78, 5) is 0.182. The zero-order valence-corrected chi connectivity index (χ0v) is 10.4. The number of hydrogen-bond acceptors (Lipinski definition) is 2. The first kappa shape index (κ1) is 14.7. The number of alkyl halides is 3. The quantitative estimate of drug-likeness (QED) is 0.772. The molecule has 0 aliphatic carbocycles. The molecule has 0 aliphatic heterocycles. The van der Waals surface area contributed by atoms with E-state index in [1.54, 1.807) is 0 Å². The van der Waals surface area contributed by atoms with Gasteiger partial charge in [-0.2, -0.15) is 18.4 Å². The Hall–Kier alpha value is -1.35. The van der Waals surface area contributed by atoms with Gasteiger partial charge < -0.3 is 0 Å². The van der Waals surface area contributed by atoms with Crippen molar-refractivity contribution in [2.45, 2.75) is 30.3 Å². The summed E-state index contributed by atoms with van der Waals surface area (Å²) in [5, 5.41) is 8.32. The van der Waals surface area contributed by atoms with Crippen LogP contribution in [0.2, 0.25) is 0 Å². The summed E-state index contributed by atoms with van der Waals surface area (Å²) in [5.74, 6) is 0.281. The van der Waals surface area contributed by atoms with E-state index in [-0.39, 0.29) is 10.6 Å². The van der Waals surface area contributed by atoms with Crippen molar-refractivity contribution in [3.63, 3.8) is 0 Å². The SMILES string of the molecule is N#CCCCCS(=O)c1cccc(C(F)(F)F)c1. The lowest BCUT2D eigenvalue weighted by Gasteiger charge is -2.08. The maximum Gasteiger partial charge on any atom is 0.416 e. The van der Waals surface area contributed by atoms with Crippen LogP contribution < -0.4 is 0 Å². The molecular formula is C12H12F3NOS. The molecule has 0 heterocycles. The van der Waals surface area contributed by atoms with Crippen molar-refractivity contribution in [2.75, 3.05) is 5.75 Å². The Balaban J connectivity index is 2.67. The molecule has 0 saturated heterocycles. The van der Waals surface area contributed by atoms with Gasteiger partial charge in [0, 0.05) is 17.1 Å². The molecule has 98 valence electrons. The summed E-state index contributed by atoms with van der Waals surface area (Å²) in [6, 6.07) is 6.52. The Bertz CT molecular complexity index is 465. The molecule has 1 aromatic rings. The maximum atomic E-state index is 12.4.